The minimum absolute atomic E-state index is 0.401. The summed E-state index contributed by atoms with van der Waals surface area (Å²) in [6.07, 6.45) is 1.97. The average molecular weight is 179 g/mol. The standard InChI is InChI=1S/C3H6Cl3P/c1-7(6,2-4)3-5/h1-3H2. The zero-order valence-electron chi connectivity index (χ0n) is 3.70. The Kier molecular flexibility index (Phi) is 3.79. The van der Waals surface area contributed by atoms with Gasteiger partial charge < -0.3 is 0 Å². The van der Waals surface area contributed by atoms with Gasteiger partial charge in [-0.1, -0.05) is 17.5 Å². The molecule has 0 bridgehead atoms. The van der Waals surface area contributed by atoms with Crippen LogP contribution >= 0.6 is 40.7 Å². The Labute approximate surface area is 58.5 Å². The summed E-state index contributed by atoms with van der Waals surface area (Å²) < 4.78 is 0. The first kappa shape index (κ1) is 8.17. The summed E-state index contributed by atoms with van der Waals surface area (Å²) in [5.74, 6) is 0. The molecule has 7 heavy (non-hydrogen) atoms. The van der Waals surface area contributed by atoms with Gasteiger partial charge in [-0.25, -0.2) is 0 Å². The third-order valence-electron chi connectivity index (χ3n) is 0.428. The van der Waals surface area contributed by atoms with Crippen LogP contribution in [0.2, 0.25) is 0 Å². The van der Waals surface area contributed by atoms with Gasteiger partial charge in [0.15, 0.2) is 0 Å². The van der Waals surface area contributed by atoms with Gasteiger partial charge in [0.05, 0.1) is 11.2 Å². The quantitative estimate of drug-likeness (QED) is 0.452. The van der Waals surface area contributed by atoms with E-state index in [9.17, 15) is 0 Å². The van der Waals surface area contributed by atoms with E-state index in [0.29, 0.717) is 11.2 Å². The maximum absolute atomic E-state index is 5.64. The number of hydrogen-bond donors (Lipinski definition) is 0. The molecule has 0 amide bonds. The van der Waals surface area contributed by atoms with E-state index in [1.165, 1.54) is 0 Å². The minimum atomic E-state index is -1.65. The average Bonchev–Trinajstić information content (AvgIpc) is 1.68. The van der Waals surface area contributed by atoms with Gasteiger partial charge in [-0.2, -0.15) is 0 Å². The van der Waals surface area contributed by atoms with Gasteiger partial charge in [0.2, 0.25) is 0 Å². The molecule has 44 valence electrons. The van der Waals surface area contributed by atoms with Crippen LogP contribution in [0.3, 0.4) is 0 Å². The smallest absolute Gasteiger partial charge is 0.0558 e. The minimum Gasteiger partial charge on any atom is -0.120 e. The lowest BCUT2D eigenvalue weighted by atomic mass is 11.8. The Morgan fingerprint density at radius 1 is 1.29 bits per heavy atom. The highest BCUT2D eigenvalue weighted by Gasteiger charge is 2.03. The lowest BCUT2D eigenvalue weighted by Gasteiger charge is -2.04. The molecule has 0 rings (SSSR count). The molecule has 0 atom stereocenters. The zero-order valence-corrected chi connectivity index (χ0v) is 6.86. The van der Waals surface area contributed by atoms with Crippen molar-refractivity contribution in [1.29, 1.82) is 0 Å². The number of halogens is 3. The van der Waals surface area contributed by atoms with Gasteiger partial charge in [0.25, 0.3) is 0 Å². The van der Waals surface area contributed by atoms with Gasteiger partial charge >= 0.3 is 0 Å². The Morgan fingerprint density at radius 2 is 1.57 bits per heavy atom. The fraction of sp³-hybridized carbons (Fsp3) is 0.667. The summed E-state index contributed by atoms with van der Waals surface area (Å²) in [7, 11) is 0. The molecule has 0 N–H and O–H groups in total. The van der Waals surface area contributed by atoms with Gasteiger partial charge in [-0.3, -0.25) is 0 Å². The molecule has 0 aliphatic rings. The van der Waals surface area contributed by atoms with Gasteiger partial charge in [0.1, 0.15) is 0 Å². The number of rotatable bonds is 2. The number of hydrogen-bond acceptors (Lipinski definition) is 0. The van der Waals surface area contributed by atoms with Crippen LogP contribution in [-0.2, 0) is 0 Å². The topological polar surface area (TPSA) is 0 Å². The molecule has 0 aliphatic carbocycles. The maximum atomic E-state index is 5.64. The molecule has 0 aromatic heterocycles. The summed E-state index contributed by atoms with van der Waals surface area (Å²) >= 11 is 16.4. The van der Waals surface area contributed by atoms with E-state index in [-0.39, 0.29) is 0 Å². The molecule has 0 aliphatic heterocycles. The first-order chi connectivity index (χ1) is 3.12. The first-order valence-corrected chi connectivity index (χ1v) is 5.97. The largest absolute Gasteiger partial charge is 0.120 e. The van der Waals surface area contributed by atoms with Gasteiger partial charge in [-0.05, 0) is 0 Å². The van der Waals surface area contributed by atoms with Crippen LogP contribution in [0, 0.1) is 0 Å². The predicted molar refractivity (Wildman–Crippen MR) is 41.3 cm³/mol. The fourth-order valence-corrected chi connectivity index (χ4v) is 0.862. The van der Waals surface area contributed by atoms with Crippen LogP contribution in [0.15, 0.2) is 0 Å². The summed E-state index contributed by atoms with van der Waals surface area (Å²) in [4.78, 5) is 0. The Morgan fingerprint density at radius 3 is 1.57 bits per heavy atom. The van der Waals surface area contributed by atoms with E-state index in [0.717, 1.165) is 0 Å². The molecule has 0 saturated carbocycles. The lowest BCUT2D eigenvalue weighted by Crippen LogP contribution is -1.72. The molecule has 0 radical (unpaired) electrons. The Balaban J connectivity index is 3.61. The van der Waals surface area contributed by atoms with E-state index >= 15 is 0 Å². The molecule has 0 saturated heterocycles. The predicted octanol–water partition coefficient (Wildman–Crippen LogP) is 2.98. The van der Waals surface area contributed by atoms with Crippen LogP contribution in [0.1, 0.15) is 0 Å². The van der Waals surface area contributed by atoms with Crippen LogP contribution in [0.25, 0.3) is 0 Å². The van der Waals surface area contributed by atoms with Crippen molar-refractivity contribution in [1.82, 2.24) is 0 Å². The first-order valence-electron chi connectivity index (χ1n) is 1.65. The summed E-state index contributed by atoms with van der Waals surface area (Å²) in [5, 5.41) is 0. The van der Waals surface area contributed by atoms with Crippen molar-refractivity contribution in [2.45, 2.75) is 0 Å². The molecule has 0 aromatic carbocycles. The molecule has 0 heterocycles. The van der Waals surface area contributed by atoms with Crippen LogP contribution in [-0.4, -0.2) is 17.5 Å². The molecule has 0 unspecified atom stereocenters. The van der Waals surface area contributed by atoms with E-state index in [4.69, 9.17) is 34.4 Å². The molecular formula is C3H6Cl3P. The van der Waals surface area contributed by atoms with Crippen LogP contribution in [0.4, 0.5) is 0 Å². The Hall–Kier alpha value is 1.17. The second kappa shape index (κ2) is 3.25. The number of alkyl halides is 2. The van der Waals surface area contributed by atoms with E-state index in [1.54, 1.807) is 0 Å². The van der Waals surface area contributed by atoms with Gasteiger partial charge in [0, 0.05) is 6.24 Å². The SMILES string of the molecule is C=P(Cl)(CCl)CCl. The summed E-state index contributed by atoms with van der Waals surface area (Å²) in [5.41, 5.74) is 0.802. The third kappa shape index (κ3) is 3.73. The Bertz CT molecular complexity index is 82.2. The fourth-order valence-electron chi connectivity index (χ4n) is 0.0319. The van der Waals surface area contributed by atoms with E-state index in [2.05, 4.69) is 6.30 Å². The molecular weight excluding hydrogens is 173 g/mol. The molecule has 0 aromatic rings. The van der Waals surface area contributed by atoms with Crippen molar-refractivity contribution in [2.75, 3.05) is 11.2 Å². The highest BCUT2D eigenvalue weighted by atomic mass is 35.7. The van der Waals surface area contributed by atoms with Crippen molar-refractivity contribution < 1.29 is 0 Å². The summed E-state index contributed by atoms with van der Waals surface area (Å²) in [6.45, 7) is 0. The molecule has 0 nitrogen and oxygen atoms in total. The van der Waals surface area contributed by atoms with Gasteiger partial charge in [-0.15, -0.1) is 23.2 Å². The second-order valence-electron chi connectivity index (χ2n) is 1.27. The third-order valence-corrected chi connectivity index (χ3v) is 5.48. The second-order valence-corrected chi connectivity index (χ2v) is 7.39. The monoisotopic (exact) mass is 178 g/mol. The summed E-state index contributed by atoms with van der Waals surface area (Å²) in [6, 6.07) is 0. The normalized spacial score (nSPS) is 11.9. The maximum Gasteiger partial charge on any atom is 0.0558 e. The zero-order chi connectivity index (χ0) is 5.91. The highest BCUT2D eigenvalue weighted by molar-refractivity contribution is 7.98. The molecule has 0 spiro atoms. The van der Waals surface area contributed by atoms with E-state index < -0.39 is 6.24 Å². The van der Waals surface area contributed by atoms with Crippen molar-refractivity contribution in [2.24, 2.45) is 0 Å². The van der Waals surface area contributed by atoms with Crippen molar-refractivity contribution in [3.8, 4) is 0 Å². The highest BCUT2D eigenvalue weighted by Crippen LogP contribution is 2.51. The van der Waals surface area contributed by atoms with Crippen LogP contribution in [0.5, 0.6) is 0 Å². The molecule has 0 fully saturated rings. The lowest BCUT2D eigenvalue weighted by molar-refractivity contribution is 2.04. The van der Waals surface area contributed by atoms with Crippen molar-refractivity contribution in [3.63, 3.8) is 0 Å². The van der Waals surface area contributed by atoms with Crippen molar-refractivity contribution >= 4 is 47.0 Å². The van der Waals surface area contributed by atoms with Crippen LogP contribution < -0.4 is 0 Å². The van der Waals surface area contributed by atoms with Crippen molar-refractivity contribution in [3.05, 3.63) is 0 Å². The van der Waals surface area contributed by atoms with E-state index in [1.807, 2.05) is 0 Å². The molecule has 4 heteroatoms.